The third-order valence-corrected chi connectivity index (χ3v) is 8.98. The molecule has 0 aliphatic heterocycles. The number of thioether (sulfide) groups is 1. The molecule has 0 fully saturated rings. The molecule has 1 aromatic heterocycles. The van der Waals surface area contributed by atoms with Crippen molar-refractivity contribution in [3.63, 3.8) is 0 Å². The predicted molar refractivity (Wildman–Crippen MR) is 195 cm³/mol. The van der Waals surface area contributed by atoms with Crippen molar-refractivity contribution in [1.29, 1.82) is 0 Å². The summed E-state index contributed by atoms with van der Waals surface area (Å²) in [7, 11) is 3.12. The molecule has 3 N–H and O–H groups in total. The number of hydrogen-bond acceptors (Lipinski definition) is 10. The maximum absolute atomic E-state index is 13.5. The van der Waals surface area contributed by atoms with Gasteiger partial charge in [0.05, 0.1) is 30.1 Å². The number of carbonyl (C=O) groups is 3. The van der Waals surface area contributed by atoms with Gasteiger partial charge in [0.25, 0.3) is 17.5 Å². The van der Waals surface area contributed by atoms with Crippen LogP contribution in [0.4, 0.5) is 16.5 Å². The SMILES string of the molecule is COc1ccc(-c2csc(NC(=O)C(C)Sc3cccc(NC(=O)/C(=C\c4ccc([N+](=O)[O-])cc4)NC(=O)c4ccccc4)c3)n2)cc1OC. The number of rotatable bonds is 13. The van der Waals surface area contributed by atoms with Gasteiger partial charge in [-0.3, -0.25) is 24.5 Å². The first-order valence-corrected chi connectivity index (χ1v) is 16.8. The number of hydrogen-bond donors (Lipinski definition) is 3. The summed E-state index contributed by atoms with van der Waals surface area (Å²) in [5.41, 5.74) is 2.54. The van der Waals surface area contributed by atoms with E-state index in [0.29, 0.717) is 44.0 Å². The molecule has 0 radical (unpaired) electrons. The van der Waals surface area contributed by atoms with Gasteiger partial charge in [0.15, 0.2) is 16.6 Å². The normalized spacial score (nSPS) is 11.6. The van der Waals surface area contributed by atoms with Crippen molar-refractivity contribution in [3.05, 3.63) is 129 Å². The van der Waals surface area contributed by atoms with Crippen LogP contribution in [0.15, 0.2) is 113 Å². The summed E-state index contributed by atoms with van der Waals surface area (Å²) in [6.07, 6.45) is 1.43. The fraction of sp³-hybridized carbons (Fsp3) is 0.111. The first-order valence-electron chi connectivity index (χ1n) is 15.0. The number of thiazole rings is 1. The van der Waals surface area contributed by atoms with Gasteiger partial charge in [0.1, 0.15) is 5.70 Å². The van der Waals surface area contributed by atoms with Crippen LogP contribution in [0.5, 0.6) is 11.5 Å². The number of methoxy groups -OCH3 is 2. The van der Waals surface area contributed by atoms with Crippen molar-refractivity contribution in [2.75, 3.05) is 24.9 Å². The second kappa shape index (κ2) is 16.4. The average molecular weight is 710 g/mol. The molecular weight excluding hydrogens is 679 g/mol. The lowest BCUT2D eigenvalue weighted by atomic mass is 10.1. The van der Waals surface area contributed by atoms with E-state index in [2.05, 4.69) is 20.9 Å². The smallest absolute Gasteiger partial charge is 0.272 e. The van der Waals surface area contributed by atoms with Gasteiger partial charge in [0, 0.05) is 39.2 Å². The van der Waals surface area contributed by atoms with Crippen molar-refractivity contribution < 1.29 is 28.8 Å². The number of amides is 3. The van der Waals surface area contributed by atoms with E-state index < -0.39 is 22.0 Å². The van der Waals surface area contributed by atoms with Gasteiger partial charge in [-0.2, -0.15) is 0 Å². The lowest BCUT2D eigenvalue weighted by Gasteiger charge is -2.13. The van der Waals surface area contributed by atoms with Crippen molar-refractivity contribution in [2.45, 2.75) is 17.1 Å². The van der Waals surface area contributed by atoms with Gasteiger partial charge in [0.2, 0.25) is 5.91 Å². The molecule has 1 heterocycles. The Hall–Kier alpha value is -5.99. The van der Waals surface area contributed by atoms with Gasteiger partial charge in [-0.1, -0.05) is 24.3 Å². The average Bonchev–Trinajstić information content (AvgIpc) is 3.60. The number of nitro benzene ring substituents is 1. The number of anilines is 2. The van der Waals surface area contributed by atoms with Gasteiger partial charge in [-0.25, -0.2) is 4.98 Å². The molecule has 0 saturated carbocycles. The third kappa shape index (κ3) is 9.12. The molecule has 0 aliphatic carbocycles. The Morgan fingerprint density at radius 1 is 0.900 bits per heavy atom. The number of nitrogens with one attached hydrogen (secondary N) is 3. The summed E-state index contributed by atoms with van der Waals surface area (Å²) in [5, 5.41) is 21.2. The van der Waals surface area contributed by atoms with Crippen molar-refractivity contribution in [1.82, 2.24) is 10.3 Å². The van der Waals surface area contributed by atoms with Crippen molar-refractivity contribution >= 4 is 63.4 Å². The number of benzene rings is 4. The minimum absolute atomic E-state index is 0.0746. The highest BCUT2D eigenvalue weighted by atomic mass is 32.2. The van der Waals surface area contributed by atoms with Gasteiger partial charge >= 0.3 is 0 Å². The molecule has 14 heteroatoms. The Balaban J connectivity index is 1.26. The Morgan fingerprint density at radius 3 is 2.34 bits per heavy atom. The minimum atomic E-state index is -0.616. The zero-order valence-corrected chi connectivity index (χ0v) is 28.7. The second-order valence-electron chi connectivity index (χ2n) is 10.6. The number of ether oxygens (including phenoxy) is 2. The van der Waals surface area contributed by atoms with Crippen molar-refractivity contribution in [2.24, 2.45) is 0 Å². The van der Waals surface area contributed by atoms with Crippen LogP contribution in [0.1, 0.15) is 22.8 Å². The molecule has 0 aliphatic rings. The summed E-state index contributed by atoms with van der Waals surface area (Å²) < 4.78 is 10.7. The topological polar surface area (TPSA) is 162 Å². The van der Waals surface area contributed by atoms with E-state index in [9.17, 15) is 24.5 Å². The first-order chi connectivity index (χ1) is 24.1. The molecular formula is C36H31N5O7S2. The number of aromatic nitrogens is 1. The number of nitro groups is 1. The molecule has 254 valence electrons. The van der Waals surface area contributed by atoms with Gasteiger partial charge in [-0.05, 0) is 79.2 Å². The van der Waals surface area contributed by atoms with E-state index in [1.807, 2.05) is 23.6 Å². The molecule has 4 aromatic carbocycles. The van der Waals surface area contributed by atoms with E-state index in [1.165, 1.54) is 53.4 Å². The fourth-order valence-electron chi connectivity index (χ4n) is 4.57. The highest BCUT2D eigenvalue weighted by Crippen LogP contribution is 2.34. The van der Waals surface area contributed by atoms with Gasteiger partial charge in [-0.15, -0.1) is 23.1 Å². The second-order valence-corrected chi connectivity index (χ2v) is 12.8. The molecule has 1 atom stereocenters. The maximum Gasteiger partial charge on any atom is 0.272 e. The Bertz CT molecular complexity index is 2050. The van der Waals surface area contributed by atoms with Gasteiger partial charge < -0.3 is 25.4 Å². The van der Waals surface area contributed by atoms with Crippen LogP contribution < -0.4 is 25.4 Å². The molecule has 1 unspecified atom stereocenters. The highest BCUT2D eigenvalue weighted by Gasteiger charge is 2.19. The van der Waals surface area contributed by atoms with E-state index in [1.54, 1.807) is 75.7 Å². The Morgan fingerprint density at radius 2 is 1.64 bits per heavy atom. The minimum Gasteiger partial charge on any atom is -0.493 e. The fourth-order valence-corrected chi connectivity index (χ4v) is 6.22. The van der Waals surface area contributed by atoms with E-state index in [4.69, 9.17) is 9.47 Å². The molecule has 0 saturated heterocycles. The standard InChI is InChI=1S/C36H31N5O7S2/c1-22(33(42)40-36-39-30(21-49-36)25-14-17-31(47-2)32(19-25)48-3)50-28-11-7-10-26(20-28)37-35(44)29(38-34(43)24-8-5-4-6-9-24)18-23-12-15-27(16-13-23)41(45)46/h4-22H,1-3H3,(H,37,44)(H,38,43)(H,39,40,42)/b29-18+. The van der Waals surface area contributed by atoms with Crippen LogP contribution >= 0.6 is 23.1 Å². The molecule has 5 aromatic rings. The summed E-state index contributed by atoms with van der Waals surface area (Å²) in [6.45, 7) is 1.76. The first kappa shape index (κ1) is 35.3. The summed E-state index contributed by atoms with van der Waals surface area (Å²) >= 11 is 2.59. The molecule has 3 amide bonds. The largest absolute Gasteiger partial charge is 0.493 e. The van der Waals surface area contributed by atoms with Crippen LogP contribution in [0.25, 0.3) is 17.3 Å². The van der Waals surface area contributed by atoms with Crippen LogP contribution in [0.2, 0.25) is 0 Å². The highest BCUT2D eigenvalue weighted by molar-refractivity contribution is 8.00. The van der Waals surface area contributed by atoms with Crippen LogP contribution in [0.3, 0.4) is 0 Å². The van der Waals surface area contributed by atoms with Crippen LogP contribution in [0, 0.1) is 10.1 Å². The third-order valence-electron chi connectivity index (χ3n) is 7.13. The zero-order valence-electron chi connectivity index (χ0n) is 27.0. The molecule has 0 spiro atoms. The molecule has 5 rings (SSSR count). The van der Waals surface area contributed by atoms with E-state index >= 15 is 0 Å². The summed E-state index contributed by atoms with van der Waals surface area (Å²) in [5.74, 6) is -0.206. The van der Waals surface area contributed by atoms with Crippen LogP contribution in [-0.4, -0.2) is 47.1 Å². The lowest BCUT2D eigenvalue weighted by Crippen LogP contribution is -2.30. The Labute approximate surface area is 295 Å². The molecule has 12 nitrogen and oxygen atoms in total. The van der Waals surface area contributed by atoms with E-state index in [0.717, 1.165) is 5.56 Å². The quantitative estimate of drug-likeness (QED) is 0.0494. The summed E-state index contributed by atoms with van der Waals surface area (Å²) in [4.78, 5) is 55.4. The number of non-ortho nitro benzene ring substituents is 1. The predicted octanol–water partition coefficient (Wildman–Crippen LogP) is 7.26. The van der Waals surface area contributed by atoms with Crippen molar-refractivity contribution in [3.8, 4) is 22.8 Å². The van der Waals surface area contributed by atoms with E-state index in [-0.39, 0.29) is 17.3 Å². The summed E-state index contributed by atoms with van der Waals surface area (Å²) in [6, 6.07) is 26.4. The maximum atomic E-state index is 13.5. The molecule has 50 heavy (non-hydrogen) atoms. The molecule has 0 bridgehead atoms. The monoisotopic (exact) mass is 709 g/mol. The number of carbonyl (C=O) groups excluding carboxylic acids is 3. The zero-order chi connectivity index (χ0) is 35.6. The van der Waals surface area contributed by atoms with Crippen LogP contribution in [-0.2, 0) is 9.59 Å². The number of nitrogens with zero attached hydrogens (tertiary/aromatic N) is 2. The lowest BCUT2D eigenvalue weighted by molar-refractivity contribution is -0.384. The Kier molecular flexibility index (Phi) is 11.6.